The monoisotopic (exact) mass is 237 g/mol. The molecule has 0 aromatic carbocycles. The Labute approximate surface area is 82.4 Å². The van der Waals surface area contributed by atoms with Gasteiger partial charge in [-0.25, -0.2) is 0 Å². The van der Waals surface area contributed by atoms with Gasteiger partial charge in [-0.15, -0.1) is 0 Å². The number of halogens is 2. The van der Waals surface area contributed by atoms with Crippen LogP contribution in [-0.4, -0.2) is 36.0 Å². The summed E-state index contributed by atoms with van der Waals surface area (Å²) in [5.41, 5.74) is 0. The second kappa shape index (κ2) is 5.92. The Hall–Kier alpha value is 0.370. The molecule has 0 saturated carbocycles. The molecule has 0 aliphatic carbocycles. The van der Waals surface area contributed by atoms with Crippen LogP contribution in [0.5, 0.6) is 0 Å². The summed E-state index contributed by atoms with van der Waals surface area (Å²) < 4.78 is 11.9. The van der Waals surface area contributed by atoms with Crippen molar-refractivity contribution < 1.29 is 4.39 Å². The molecule has 1 fully saturated rings. The van der Waals surface area contributed by atoms with Gasteiger partial charge in [0.1, 0.15) is 0 Å². The molecule has 1 aliphatic heterocycles. The number of piperidine rings is 1. The molecule has 3 heteroatoms. The smallest absolute Gasteiger partial charge is 0.0906 e. The van der Waals surface area contributed by atoms with Gasteiger partial charge in [-0.3, -0.25) is 9.29 Å². The number of hydrogen-bond acceptors (Lipinski definition) is 1. The van der Waals surface area contributed by atoms with Crippen molar-refractivity contribution in [2.45, 2.75) is 31.7 Å². The fourth-order valence-electron chi connectivity index (χ4n) is 1.79. The first kappa shape index (κ1) is 10.5. The van der Waals surface area contributed by atoms with Gasteiger partial charge in [0.25, 0.3) is 0 Å². The van der Waals surface area contributed by atoms with Gasteiger partial charge in [-0.2, -0.15) is 0 Å². The van der Waals surface area contributed by atoms with Crippen molar-refractivity contribution in [2.24, 2.45) is 0 Å². The molecule has 0 N–H and O–H groups in total. The highest BCUT2D eigenvalue weighted by Crippen LogP contribution is 2.18. The van der Waals surface area contributed by atoms with Crippen molar-refractivity contribution in [3.05, 3.63) is 0 Å². The van der Waals surface area contributed by atoms with Gasteiger partial charge >= 0.3 is 0 Å². The van der Waals surface area contributed by atoms with Crippen LogP contribution in [0.25, 0.3) is 0 Å². The highest BCUT2D eigenvalue weighted by molar-refractivity contribution is 9.09. The first-order valence-electron chi connectivity index (χ1n) is 4.74. The highest BCUT2D eigenvalue weighted by atomic mass is 79.9. The van der Waals surface area contributed by atoms with E-state index in [-0.39, 0.29) is 6.67 Å². The first-order valence-corrected chi connectivity index (χ1v) is 5.86. The average Bonchev–Trinajstić information content (AvgIpc) is 2.15. The second-order valence-corrected chi connectivity index (χ2v) is 4.03. The van der Waals surface area contributed by atoms with E-state index in [1.165, 1.54) is 19.3 Å². The van der Waals surface area contributed by atoms with Crippen LogP contribution in [0.3, 0.4) is 0 Å². The third-order valence-electron chi connectivity index (χ3n) is 2.51. The lowest BCUT2D eigenvalue weighted by Crippen LogP contribution is -2.41. The molecular formula is C9H17BrFN. The molecule has 12 heavy (non-hydrogen) atoms. The highest BCUT2D eigenvalue weighted by Gasteiger charge is 2.20. The van der Waals surface area contributed by atoms with Crippen molar-refractivity contribution in [2.75, 3.05) is 25.1 Å². The van der Waals surface area contributed by atoms with Crippen LogP contribution in [0.4, 0.5) is 4.39 Å². The normalized spacial score (nSPS) is 26.0. The predicted octanol–water partition coefficient (Wildman–Crippen LogP) is 2.60. The van der Waals surface area contributed by atoms with Crippen molar-refractivity contribution >= 4 is 15.9 Å². The van der Waals surface area contributed by atoms with Crippen LogP contribution in [0.2, 0.25) is 0 Å². The predicted molar refractivity (Wildman–Crippen MR) is 53.6 cm³/mol. The van der Waals surface area contributed by atoms with E-state index in [9.17, 15) is 4.39 Å². The molecule has 1 saturated heterocycles. The van der Waals surface area contributed by atoms with Crippen LogP contribution in [0.15, 0.2) is 0 Å². The van der Waals surface area contributed by atoms with E-state index in [2.05, 4.69) is 20.8 Å². The van der Waals surface area contributed by atoms with Crippen molar-refractivity contribution in [1.82, 2.24) is 4.90 Å². The second-order valence-electron chi connectivity index (χ2n) is 3.38. The fourth-order valence-corrected chi connectivity index (χ4v) is 2.53. The summed E-state index contributed by atoms with van der Waals surface area (Å²) in [6.45, 7) is 1.93. The summed E-state index contributed by atoms with van der Waals surface area (Å²) in [7, 11) is 0. The molecule has 1 heterocycles. The summed E-state index contributed by atoms with van der Waals surface area (Å²) in [6, 6.07) is 0.658. The molecule has 1 atom stereocenters. The third kappa shape index (κ3) is 3.02. The number of alkyl halides is 2. The third-order valence-corrected chi connectivity index (χ3v) is 3.25. The lowest BCUT2D eigenvalue weighted by Gasteiger charge is -2.34. The van der Waals surface area contributed by atoms with E-state index in [1.807, 2.05) is 0 Å². The Balaban J connectivity index is 2.26. The van der Waals surface area contributed by atoms with Crippen LogP contribution in [-0.2, 0) is 0 Å². The zero-order valence-electron chi connectivity index (χ0n) is 7.44. The molecule has 0 aromatic rings. The molecule has 1 aliphatic rings. The molecule has 0 spiro atoms. The van der Waals surface area contributed by atoms with E-state index in [4.69, 9.17) is 0 Å². The first-order chi connectivity index (χ1) is 5.88. The molecule has 0 bridgehead atoms. The lowest BCUT2D eigenvalue weighted by molar-refractivity contribution is 0.159. The Bertz CT molecular complexity index is 121. The molecule has 1 rings (SSSR count). The maximum atomic E-state index is 11.9. The fraction of sp³-hybridized carbons (Fsp3) is 1.00. The average molecular weight is 238 g/mol. The van der Waals surface area contributed by atoms with E-state index in [1.54, 1.807) is 0 Å². The Kier molecular flexibility index (Phi) is 5.16. The van der Waals surface area contributed by atoms with Crippen molar-refractivity contribution in [3.63, 3.8) is 0 Å². The molecule has 72 valence electrons. The van der Waals surface area contributed by atoms with Gasteiger partial charge < -0.3 is 0 Å². The minimum absolute atomic E-state index is 0.175. The van der Waals surface area contributed by atoms with Gasteiger partial charge in [0.2, 0.25) is 0 Å². The van der Waals surface area contributed by atoms with E-state index in [0.717, 1.165) is 18.4 Å². The largest absolute Gasteiger partial charge is 0.299 e. The molecular weight excluding hydrogens is 221 g/mol. The van der Waals surface area contributed by atoms with Crippen LogP contribution in [0, 0.1) is 0 Å². The summed E-state index contributed by atoms with van der Waals surface area (Å²) in [5.74, 6) is 0. The molecule has 0 aromatic heterocycles. The number of likely N-dealkylation sites (tertiary alicyclic amines) is 1. The maximum absolute atomic E-state index is 11.9. The van der Waals surface area contributed by atoms with E-state index in [0.29, 0.717) is 12.5 Å². The summed E-state index contributed by atoms with van der Waals surface area (Å²) >= 11 is 3.51. The molecule has 1 unspecified atom stereocenters. The van der Waals surface area contributed by atoms with Crippen LogP contribution < -0.4 is 0 Å². The number of hydrogen-bond donors (Lipinski definition) is 0. The van der Waals surface area contributed by atoms with E-state index < -0.39 is 0 Å². The molecule has 1 nitrogen and oxygen atoms in total. The number of rotatable bonds is 4. The quantitative estimate of drug-likeness (QED) is 0.680. The summed E-state index contributed by atoms with van der Waals surface area (Å²) in [6.07, 6.45) is 4.60. The minimum Gasteiger partial charge on any atom is -0.299 e. The maximum Gasteiger partial charge on any atom is 0.0906 e. The van der Waals surface area contributed by atoms with Crippen molar-refractivity contribution in [3.8, 4) is 0 Å². The molecule has 0 radical (unpaired) electrons. The van der Waals surface area contributed by atoms with Gasteiger partial charge in [0, 0.05) is 17.9 Å². The van der Waals surface area contributed by atoms with Crippen LogP contribution in [0.1, 0.15) is 25.7 Å². The van der Waals surface area contributed by atoms with Gasteiger partial charge in [-0.1, -0.05) is 22.4 Å². The van der Waals surface area contributed by atoms with Crippen molar-refractivity contribution in [1.29, 1.82) is 0 Å². The Morgan fingerprint density at radius 3 is 2.92 bits per heavy atom. The summed E-state index contributed by atoms with van der Waals surface area (Å²) in [5, 5.41) is 1.04. The minimum atomic E-state index is -0.175. The van der Waals surface area contributed by atoms with Gasteiger partial charge in [0.05, 0.1) is 6.67 Å². The molecule has 0 amide bonds. The standard InChI is InChI=1S/C9H17BrFN/c10-8-9-4-1-2-6-12(9)7-3-5-11/h9H,1-8H2. The Morgan fingerprint density at radius 1 is 1.42 bits per heavy atom. The SMILES string of the molecule is FCCCN1CCCCC1CBr. The van der Waals surface area contributed by atoms with E-state index >= 15 is 0 Å². The van der Waals surface area contributed by atoms with Crippen LogP contribution >= 0.6 is 15.9 Å². The zero-order chi connectivity index (χ0) is 8.81. The van der Waals surface area contributed by atoms with Gasteiger partial charge in [-0.05, 0) is 25.8 Å². The summed E-state index contributed by atoms with van der Waals surface area (Å²) in [4.78, 5) is 2.41. The van der Waals surface area contributed by atoms with Gasteiger partial charge in [0.15, 0.2) is 0 Å². The zero-order valence-corrected chi connectivity index (χ0v) is 9.02. The lowest BCUT2D eigenvalue weighted by atomic mass is 10.0. The Morgan fingerprint density at radius 2 is 2.25 bits per heavy atom. The topological polar surface area (TPSA) is 3.24 Å². The number of nitrogens with zero attached hydrogens (tertiary/aromatic N) is 1.